The van der Waals surface area contributed by atoms with Crippen LogP contribution in [-0.2, 0) is 9.59 Å². The molecule has 3 aromatic carbocycles. The molecule has 9 nitrogen and oxygen atoms in total. The maximum atomic E-state index is 13.1. The fraction of sp³-hybridized carbons (Fsp3) is 0.0667. The van der Waals surface area contributed by atoms with Gasteiger partial charge in [-0.25, -0.2) is 4.79 Å². The Morgan fingerprint density at radius 1 is 0.902 bits per heavy atom. The number of hydrogen-bond acceptors (Lipinski definition) is 6. The molecule has 1 aromatic heterocycles. The van der Waals surface area contributed by atoms with Gasteiger partial charge >= 0.3 is 5.97 Å². The van der Waals surface area contributed by atoms with Crippen molar-refractivity contribution < 1.29 is 28.7 Å². The Morgan fingerprint density at radius 2 is 1.61 bits per heavy atom. The number of carbonyl (C=O) groups is 4. The predicted molar refractivity (Wildman–Crippen MR) is 158 cm³/mol. The van der Waals surface area contributed by atoms with Crippen LogP contribution in [0.5, 0.6) is 0 Å². The van der Waals surface area contributed by atoms with E-state index in [9.17, 15) is 24.3 Å². The lowest BCUT2D eigenvalue weighted by Crippen LogP contribution is -2.30. The molecular formula is C30H24ClN3O6S. The van der Waals surface area contributed by atoms with Crippen molar-refractivity contribution in [2.24, 2.45) is 0 Å². The maximum Gasteiger partial charge on any atom is 0.337 e. The quantitative estimate of drug-likeness (QED) is 0.128. The fourth-order valence-electron chi connectivity index (χ4n) is 3.54. The molecule has 0 aliphatic rings. The van der Waals surface area contributed by atoms with E-state index in [1.807, 2.05) is 0 Å². The highest BCUT2D eigenvalue weighted by atomic mass is 35.5. The SMILES string of the molecule is CC(Sc1ccc(NC(=O)/C(=C/c2ccco2)NC(=O)c2ccccc2)cc1)C(=O)Nc1ccc(Cl)c(C(=O)O)c1. The lowest BCUT2D eigenvalue weighted by atomic mass is 10.2. The van der Waals surface area contributed by atoms with Crippen LogP contribution in [0.25, 0.3) is 6.08 Å². The molecular weight excluding hydrogens is 566 g/mol. The number of halogens is 1. The molecule has 0 aliphatic carbocycles. The van der Waals surface area contributed by atoms with Crippen LogP contribution in [0.3, 0.4) is 0 Å². The minimum Gasteiger partial charge on any atom is -0.478 e. The van der Waals surface area contributed by atoms with E-state index >= 15 is 0 Å². The average molecular weight is 590 g/mol. The number of furan rings is 1. The zero-order valence-corrected chi connectivity index (χ0v) is 23.2. The normalized spacial score (nSPS) is 11.8. The van der Waals surface area contributed by atoms with E-state index < -0.39 is 23.0 Å². The Bertz CT molecular complexity index is 1590. The summed E-state index contributed by atoms with van der Waals surface area (Å²) in [5.74, 6) is -2.13. The standard InChI is InChI=1S/C30H24ClN3O6S/c1-18(27(35)33-21-11-14-25(31)24(16-21)30(38)39)41-23-12-9-20(10-13-23)32-29(37)26(17-22-8-5-15-40-22)34-28(36)19-6-3-2-4-7-19/h2-18H,1H3,(H,32,37)(H,33,35)(H,34,36)(H,38,39)/b26-17-. The smallest absolute Gasteiger partial charge is 0.337 e. The third-order valence-electron chi connectivity index (χ3n) is 5.62. The number of benzene rings is 3. The van der Waals surface area contributed by atoms with Gasteiger partial charge in [-0.05, 0) is 73.7 Å². The Kier molecular flexibility index (Phi) is 9.62. The first kappa shape index (κ1) is 29.2. The second kappa shape index (κ2) is 13.5. The summed E-state index contributed by atoms with van der Waals surface area (Å²) in [5.41, 5.74) is 1.07. The monoisotopic (exact) mass is 589 g/mol. The van der Waals surface area contributed by atoms with Crippen molar-refractivity contribution >= 4 is 64.5 Å². The number of aromatic carboxylic acids is 1. The average Bonchev–Trinajstić information content (AvgIpc) is 3.48. The first-order chi connectivity index (χ1) is 19.7. The van der Waals surface area contributed by atoms with Crippen molar-refractivity contribution in [1.82, 2.24) is 5.32 Å². The second-order valence-corrected chi connectivity index (χ2v) is 10.4. The Balaban J connectivity index is 1.39. The van der Waals surface area contributed by atoms with E-state index in [-0.39, 0.29) is 22.2 Å². The fourth-order valence-corrected chi connectivity index (χ4v) is 4.61. The predicted octanol–water partition coefficient (Wildman–Crippen LogP) is 6.16. The molecule has 0 radical (unpaired) electrons. The zero-order chi connectivity index (χ0) is 29.4. The lowest BCUT2D eigenvalue weighted by molar-refractivity contribution is -0.115. The van der Waals surface area contributed by atoms with Gasteiger partial charge in [-0.3, -0.25) is 14.4 Å². The number of amides is 3. The topological polar surface area (TPSA) is 138 Å². The number of hydrogen-bond donors (Lipinski definition) is 4. The van der Waals surface area contributed by atoms with Gasteiger partial charge in [-0.1, -0.05) is 29.8 Å². The largest absolute Gasteiger partial charge is 0.478 e. The lowest BCUT2D eigenvalue weighted by Gasteiger charge is -2.14. The third-order valence-corrected chi connectivity index (χ3v) is 7.06. The molecule has 0 spiro atoms. The molecule has 4 aromatic rings. The van der Waals surface area contributed by atoms with Gasteiger partial charge in [0.05, 0.1) is 22.1 Å². The Morgan fingerprint density at radius 3 is 2.27 bits per heavy atom. The molecule has 4 rings (SSSR count). The zero-order valence-electron chi connectivity index (χ0n) is 21.6. The number of nitrogens with one attached hydrogen (secondary N) is 3. The molecule has 0 bridgehead atoms. The highest BCUT2D eigenvalue weighted by molar-refractivity contribution is 8.00. The Hall–Kier alpha value is -4.80. The number of carboxylic acid groups (broad SMARTS) is 1. The van der Waals surface area contributed by atoms with Crippen LogP contribution in [-0.4, -0.2) is 34.0 Å². The van der Waals surface area contributed by atoms with Crippen LogP contribution in [0.4, 0.5) is 11.4 Å². The van der Waals surface area contributed by atoms with Crippen LogP contribution in [0.15, 0.2) is 106 Å². The first-order valence-corrected chi connectivity index (χ1v) is 13.5. The van der Waals surface area contributed by atoms with Gasteiger partial charge in [0.25, 0.3) is 11.8 Å². The summed E-state index contributed by atoms with van der Waals surface area (Å²) in [6.45, 7) is 1.71. The van der Waals surface area contributed by atoms with Crippen molar-refractivity contribution in [3.63, 3.8) is 0 Å². The molecule has 41 heavy (non-hydrogen) atoms. The summed E-state index contributed by atoms with van der Waals surface area (Å²) < 4.78 is 5.31. The van der Waals surface area contributed by atoms with Gasteiger partial charge in [-0.2, -0.15) is 0 Å². The number of carboxylic acids is 1. The van der Waals surface area contributed by atoms with Gasteiger partial charge in [-0.15, -0.1) is 11.8 Å². The molecule has 11 heteroatoms. The summed E-state index contributed by atoms with van der Waals surface area (Å²) in [4.78, 5) is 50.5. The van der Waals surface area contributed by atoms with E-state index in [0.717, 1.165) is 4.90 Å². The van der Waals surface area contributed by atoms with Crippen LogP contribution in [0, 0.1) is 0 Å². The number of anilines is 2. The second-order valence-electron chi connectivity index (χ2n) is 8.62. The van der Waals surface area contributed by atoms with Crippen molar-refractivity contribution in [3.8, 4) is 0 Å². The van der Waals surface area contributed by atoms with Crippen molar-refractivity contribution in [2.45, 2.75) is 17.1 Å². The molecule has 1 heterocycles. The Labute approximate surface area is 244 Å². The molecule has 208 valence electrons. The molecule has 1 atom stereocenters. The van der Waals surface area contributed by atoms with E-state index in [0.29, 0.717) is 22.7 Å². The van der Waals surface area contributed by atoms with E-state index in [2.05, 4.69) is 16.0 Å². The van der Waals surface area contributed by atoms with E-state index in [1.54, 1.807) is 73.7 Å². The minimum atomic E-state index is -1.19. The van der Waals surface area contributed by atoms with Crippen LogP contribution in [0.2, 0.25) is 5.02 Å². The molecule has 0 saturated heterocycles. The minimum absolute atomic E-state index is 0.00852. The van der Waals surface area contributed by atoms with Gasteiger partial charge in [0.2, 0.25) is 5.91 Å². The van der Waals surface area contributed by atoms with Gasteiger partial charge < -0.3 is 25.5 Å². The highest BCUT2D eigenvalue weighted by Crippen LogP contribution is 2.27. The highest BCUT2D eigenvalue weighted by Gasteiger charge is 2.18. The first-order valence-electron chi connectivity index (χ1n) is 12.2. The third kappa shape index (κ3) is 8.10. The van der Waals surface area contributed by atoms with Crippen LogP contribution in [0.1, 0.15) is 33.4 Å². The number of rotatable bonds is 10. The summed E-state index contributed by atoms with van der Waals surface area (Å²) >= 11 is 7.17. The molecule has 3 amide bonds. The number of carbonyl (C=O) groups excluding carboxylic acids is 3. The maximum absolute atomic E-state index is 13.1. The van der Waals surface area contributed by atoms with Crippen molar-refractivity contribution in [3.05, 3.63) is 119 Å². The summed E-state index contributed by atoms with van der Waals surface area (Å²) in [6, 6.07) is 22.9. The molecule has 1 unspecified atom stereocenters. The molecule has 0 aliphatic heterocycles. The summed E-state index contributed by atoms with van der Waals surface area (Å²) in [7, 11) is 0. The summed E-state index contributed by atoms with van der Waals surface area (Å²) in [5, 5.41) is 16.9. The van der Waals surface area contributed by atoms with E-state index in [1.165, 1.54) is 42.3 Å². The van der Waals surface area contributed by atoms with Gasteiger partial charge in [0.1, 0.15) is 11.5 Å². The number of thioether (sulfide) groups is 1. The molecule has 4 N–H and O–H groups in total. The van der Waals surface area contributed by atoms with Crippen molar-refractivity contribution in [2.75, 3.05) is 10.6 Å². The summed E-state index contributed by atoms with van der Waals surface area (Å²) in [6.07, 6.45) is 2.89. The van der Waals surface area contributed by atoms with Crippen LogP contribution < -0.4 is 16.0 Å². The molecule has 0 saturated carbocycles. The van der Waals surface area contributed by atoms with Gasteiger partial charge in [0.15, 0.2) is 0 Å². The molecule has 0 fully saturated rings. The van der Waals surface area contributed by atoms with E-state index in [4.69, 9.17) is 16.0 Å². The van der Waals surface area contributed by atoms with Gasteiger partial charge in [0, 0.05) is 27.9 Å². The van der Waals surface area contributed by atoms with Crippen LogP contribution >= 0.6 is 23.4 Å². The van der Waals surface area contributed by atoms with Crippen molar-refractivity contribution in [1.29, 1.82) is 0 Å².